The monoisotopic (exact) mass is 547 g/mol. The normalized spacial score (nSPS) is 15.0. The van der Waals surface area contributed by atoms with Crippen LogP contribution in [0.1, 0.15) is 23.6 Å². The van der Waals surface area contributed by atoms with Crippen LogP contribution in [0.15, 0.2) is 42.0 Å². The minimum atomic E-state index is -0.547. The Morgan fingerprint density at radius 2 is 2.00 bits per heavy atom. The molecule has 0 spiro atoms. The zero-order valence-electron chi connectivity index (χ0n) is 16.8. The summed E-state index contributed by atoms with van der Waals surface area (Å²) in [6.07, 6.45) is 1.50. The lowest BCUT2D eigenvalue weighted by atomic mass is 10.1. The first-order valence-electron chi connectivity index (χ1n) is 9.28. The summed E-state index contributed by atoms with van der Waals surface area (Å²) < 4.78 is 12.5. The first-order valence-corrected chi connectivity index (χ1v) is 10.8. The van der Waals surface area contributed by atoms with Crippen molar-refractivity contribution in [3.8, 4) is 17.6 Å². The van der Waals surface area contributed by atoms with E-state index in [0.717, 1.165) is 9.13 Å². The van der Waals surface area contributed by atoms with E-state index in [0.29, 0.717) is 29.2 Å². The maximum Gasteiger partial charge on any atom is 0.265 e. The van der Waals surface area contributed by atoms with Gasteiger partial charge in [0.15, 0.2) is 16.6 Å². The Morgan fingerprint density at radius 1 is 1.26 bits per heavy atom. The van der Waals surface area contributed by atoms with Crippen LogP contribution in [-0.2, 0) is 16.2 Å². The van der Waals surface area contributed by atoms with Crippen molar-refractivity contribution in [1.29, 1.82) is 5.26 Å². The van der Waals surface area contributed by atoms with Gasteiger partial charge in [0.1, 0.15) is 12.2 Å². The lowest BCUT2D eigenvalue weighted by molar-refractivity contribution is -0.128. The van der Waals surface area contributed by atoms with Gasteiger partial charge >= 0.3 is 0 Å². The van der Waals surface area contributed by atoms with Gasteiger partial charge in [0, 0.05) is 12.6 Å². The molecule has 31 heavy (non-hydrogen) atoms. The van der Waals surface area contributed by atoms with Crippen LogP contribution in [0.3, 0.4) is 0 Å². The van der Waals surface area contributed by atoms with Gasteiger partial charge in [-0.15, -0.1) is 0 Å². The summed E-state index contributed by atoms with van der Waals surface area (Å²) in [4.78, 5) is 25.9. The molecule has 0 atom stereocenters. The molecule has 7 nitrogen and oxygen atoms in total. The van der Waals surface area contributed by atoms with Crippen LogP contribution in [0.2, 0.25) is 0 Å². The van der Waals surface area contributed by atoms with Crippen molar-refractivity contribution in [1.82, 2.24) is 10.2 Å². The van der Waals surface area contributed by atoms with E-state index in [9.17, 15) is 14.9 Å². The van der Waals surface area contributed by atoms with Gasteiger partial charge in [-0.05, 0) is 71.6 Å². The van der Waals surface area contributed by atoms with E-state index in [-0.39, 0.29) is 17.3 Å². The van der Waals surface area contributed by atoms with Crippen molar-refractivity contribution in [2.75, 3.05) is 13.7 Å². The van der Waals surface area contributed by atoms with Crippen molar-refractivity contribution in [2.45, 2.75) is 13.5 Å². The molecule has 0 aromatic heterocycles. The molecule has 2 aromatic rings. The van der Waals surface area contributed by atoms with E-state index in [1.54, 1.807) is 24.3 Å². The number of likely N-dealkylation sites (N-methyl/N-ethyl adjacent to an activating group) is 1. The molecule has 3 rings (SSSR count). The fraction of sp³-hybridized carbons (Fsp3) is 0.182. The molecule has 0 radical (unpaired) electrons. The zero-order chi connectivity index (χ0) is 22.5. The quantitative estimate of drug-likeness (QED) is 0.258. The molecule has 0 unspecified atom stereocenters. The van der Waals surface area contributed by atoms with Crippen LogP contribution in [0.5, 0.6) is 11.5 Å². The largest absolute Gasteiger partial charge is 0.490 e. The first-order chi connectivity index (χ1) is 14.8. The van der Waals surface area contributed by atoms with E-state index in [4.69, 9.17) is 21.7 Å². The van der Waals surface area contributed by atoms with Gasteiger partial charge in [-0.2, -0.15) is 5.26 Å². The van der Waals surface area contributed by atoms with Crippen LogP contribution in [0, 0.1) is 14.9 Å². The second-order valence-electron chi connectivity index (χ2n) is 6.50. The molecule has 2 aromatic carbocycles. The molecule has 1 N–H and O–H groups in total. The molecule has 1 fully saturated rings. The third-order valence-corrected chi connectivity index (χ3v) is 5.63. The number of amides is 2. The third kappa shape index (κ3) is 5.03. The van der Waals surface area contributed by atoms with Crippen molar-refractivity contribution < 1.29 is 19.1 Å². The number of nitriles is 1. The van der Waals surface area contributed by atoms with Gasteiger partial charge in [-0.1, -0.05) is 18.2 Å². The minimum Gasteiger partial charge on any atom is -0.490 e. The Balaban J connectivity index is 1.94. The SMILES string of the molecule is CCOc1cc(C=C2C(=O)NC(=S)N(C)C2=O)cc(I)c1OCc1ccccc1C#N. The van der Waals surface area contributed by atoms with E-state index in [1.807, 2.05) is 19.1 Å². The van der Waals surface area contributed by atoms with Crippen LogP contribution < -0.4 is 14.8 Å². The van der Waals surface area contributed by atoms with Crippen molar-refractivity contribution in [2.24, 2.45) is 0 Å². The lowest BCUT2D eigenvalue weighted by Crippen LogP contribution is -2.52. The third-order valence-electron chi connectivity index (χ3n) is 4.46. The van der Waals surface area contributed by atoms with Crippen LogP contribution in [-0.4, -0.2) is 35.5 Å². The Labute approximate surface area is 198 Å². The van der Waals surface area contributed by atoms with Crippen LogP contribution >= 0.6 is 34.8 Å². The zero-order valence-corrected chi connectivity index (χ0v) is 19.7. The van der Waals surface area contributed by atoms with Gasteiger partial charge < -0.3 is 9.47 Å². The summed E-state index contributed by atoms with van der Waals surface area (Å²) >= 11 is 7.08. The summed E-state index contributed by atoms with van der Waals surface area (Å²) in [5.74, 6) is -0.0250. The minimum absolute atomic E-state index is 0.0223. The molecule has 9 heteroatoms. The van der Waals surface area contributed by atoms with Gasteiger partial charge in [-0.3, -0.25) is 19.8 Å². The molecule has 158 valence electrons. The number of rotatable bonds is 6. The standard InChI is InChI=1S/C22H18IN3O4S/c1-3-29-18-10-13(8-16-20(27)25-22(31)26(2)21(16)28)9-17(23)19(18)30-12-15-7-5-4-6-14(15)11-24/h4-10H,3,12H2,1-2H3,(H,25,27,31). The highest BCUT2D eigenvalue weighted by Crippen LogP contribution is 2.36. The molecular formula is C22H18IN3O4S. The Bertz CT molecular complexity index is 1140. The topological polar surface area (TPSA) is 91.7 Å². The Hall–Kier alpha value is -2.97. The number of carbonyl (C=O) groups excluding carboxylic acids is 2. The van der Waals surface area contributed by atoms with E-state index in [2.05, 4.69) is 34.0 Å². The summed E-state index contributed by atoms with van der Waals surface area (Å²) in [6, 6.07) is 12.9. The van der Waals surface area contributed by atoms with E-state index < -0.39 is 11.8 Å². The van der Waals surface area contributed by atoms with Crippen LogP contribution in [0.4, 0.5) is 0 Å². The van der Waals surface area contributed by atoms with E-state index >= 15 is 0 Å². The molecular weight excluding hydrogens is 529 g/mol. The lowest BCUT2D eigenvalue weighted by Gasteiger charge is -2.25. The van der Waals surface area contributed by atoms with Crippen molar-refractivity contribution >= 4 is 57.8 Å². The van der Waals surface area contributed by atoms with Crippen molar-refractivity contribution in [3.05, 3.63) is 62.2 Å². The van der Waals surface area contributed by atoms with Gasteiger partial charge in [0.05, 0.1) is 21.8 Å². The number of thiocarbonyl (C=S) groups is 1. The number of nitrogens with zero attached hydrogens (tertiary/aromatic N) is 2. The summed E-state index contributed by atoms with van der Waals surface area (Å²) in [6.45, 7) is 2.45. The predicted molar refractivity (Wildman–Crippen MR) is 127 cm³/mol. The Morgan fingerprint density at radius 3 is 2.71 bits per heavy atom. The highest BCUT2D eigenvalue weighted by Gasteiger charge is 2.30. The molecule has 0 saturated carbocycles. The second-order valence-corrected chi connectivity index (χ2v) is 8.05. The predicted octanol–water partition coefficient (Wildman–Crippen LogP) is 3.40. The molecule has 0 bridgehead atoms. The molecule has 1 heterocycles. The Kier molecular flexibility index (Phi) is 7.25. The smallest absolute Gasteiger partial charge is 0.265 e. The van der Waals surface area contributed by atoms with Gasteiger partial charge in [0.2, 0.25) is 0 Å². The number of carbonyl (C=O) groups is 2. The second kappa shape index (κ2) is 9.89. The van der Waals surface area contributed by atoms with Crippen LogP contribution in [0.25, 0.3) is 6.08 Å². The first kappa shape index (κ1) is 22.7. The molecule has 2 amide bonds. The highest BCUT2D eigenvalue weighted by atomic mass is 127. The molecule has 1 aliphatic heterocycles. The van der Waals surface area contributed by atoms with E-state index in [1.165, 1.54) is 18.0 Å². The number of ether oxygens (including phenoxy) is 2. The average molecular weight is 547 g/mol. The summed E-state index contributed by atoms with van der Waals surface area (Å²) in [5, 5.41) is 11.8. The number of halogens is 1. The fourth-order valence-corrected chi connectivity index (χ4v) is 3.85. The van der Waals surface area contributed by atoms with Crippen molar-refractivity contribution in [3.63, 3.8) is 0 Å². The van der Waals surface area contributed by atoms with Gasteiger partial charge in [0.25, 0.3) is 11.8 Å². The number of nitrogens with one attached hydrogen (secondary N) is 1. The number of hydrogen-bond donors (Lipinski definition) is 1. The number of benzene rings is 2. The molecule has 1 saturated heterocycles. The number of hydrogen-bond acceptors (Lipinski definition) is 6. The maximum atomic E-state index is 12.5. The highest BCUT2D eigenvalue weighted by molar-refractivity contribution is 14.1. The van der Waals surface area contributed by atoms with Gasteiger partial charge in [-0.25, -0.2) is 0 Å². The molecule has 0 aliphatic carbocycles. The fourth-order valence-electron chi connectivity index (χ4n) is 2.89. The maximum absolute atomic E-state index is 12.5. The molecule has 1 aliphatic rings. The summed E-state index contributed by atoms with van der Waals surface area (Å²) in [7, 11) is 1.50. The summed E-state index contributed by atoms with van der Waals surface area (Å²) in [5.41, 5.74) is 1.89. The average Bonchev–Trinajstić information content (AvgIpc) is 2.75.